The smallest absolute Gasteiger partial charge is 0.322 e. The molecule has 1 N–H and O–H groups in total. The fourth-order valence-electron chi connectivity index (χ4n) is 2.51. The van der Waals surface area contributed by atoms with Gasteiger partial charge in [0.1, 0.15) is 0 Å². The molecule has 5 nitrogen and oxygen atoms in total. The highest BCUT2D eigenvalue weighted by molar-refractivity contribution is 7.91. The van der Waals surface area contributed by atoms with Crippen molar-refractivity contribution < 1.29 is 13.2 Å². The maximum absolute atomic E-state index is 11.9. The lowest BCUT2D eigenvalue weighted by molar-refractivity contribution is 0.251. The monoisotopic (exact) mass is 286 g/mol. The molecule has 2 saturated heterocycles. The number of rotatable bonds is 1. The number of benzene rings is 1. The fraction of sp³-hybridized carbons (Fsp3) is 0.364. The third-order valence-electron chi connectivity index (χ3n) is 3.29. The van der Waals surface area contributed by atoms with Gasteiger partial charge in [0.2, 0.25) is 0 Å². The van der Waals surface area contributed by atoms with E-state index in [9.17, 15) is 13.2 Å². The molecule has 7 heteroatoms. The Morgan fingerprint density at radius 2 is 1.89 bits per heavy atom. The summed E-state index contributed by atoms with van der Waals surface area (Å²) in [5.74, 6) is 0.0343. The molecular formula is C11H11ClN2O3S. The van der Waals surface area contributed by atoms with Gasteiger partial charge in [0.15, 0.2) is 9.84 Å². The molecule has 2 fully saturated rings. The number of nitrogens with zero attached hydrogens (tertiary/aromatic N) is 1. The molecule has 2 unspecified atom stereocenters. The van der Waals surface area contributed by atoms with Crippen molar-refractivity contribution in [2.75, 3.05) is 16.4 Å². The number of fused-ring (bicyclic) bond motifs is 1. The van der Waals surface area contributed by atoms with Crippen molar-refractivity contribution in [3.05, 3.63) is 29.3 Å². The molecule has 0 spiro atoms. The van der Waals surface area contributed by atoms with Crippen LogP contribution >= 0.6 is 11.6 Å². The molecule has 18 heavy (non-hydrogen) atoms. The topological polar surface area (TPSA) is 66.5 Å². The van der Waals surface area contributed by atoms with Gasteiger partial charge in [-0.2, -0.15) is 0 Å². The second-order valence-corrected chi connectivity index (χ2v) is 7.14. The number of amides is 2. The predicted octanol–water partition coefficient (Wildman–Crippen LogP) is 1.04. The van der Waals surface area contributed by atoms with Crippen LogP contribution in [0.5, 0.6) is 0 Å². The summed E-state index contributed by atoms with van der Waals surface area (Å²) in [6.45, 7) is 0. The van der Waals surface area contributed by atoms with Crippen molar-refractivity contribution >= 4 is 33.2 Å². The molecule has 0 aromatic heterocycles. The Bertz CT molecular complexity index is 599. The van der Waals surface area contributed by atoms with E-state index in [4.69, 9.17) is 11.6 Å². The third kappa shape index (κ3) is 1.85. The largest absolute Gasteiger partial charge is 0.332 e. The summed E-state index contributed by atoms with van der Waals surface area (Å²) >= 11 is 5.80. The van der Waals surface area contributed by atoms with Crippen LogP contribution in [0.25, 0.3) is 0 Å². The maximum Gasteiger partial charge on any atom is 0.322 e. The number of halogens is 1. The van der Waals surface area contributed by atoms with Crippen molar-refractivity contribution in [3.8, 4) is 0 Å². The predicted molar refractivity (Wildman–Crippen MR) is 68.7 cm³/mol. The Morgan fingerprint density at radius 3 is 2.56 bits per heavy atom. The lowest BCUT2D eigenvalue weighted by Crippen LogP contribution is -2.36. The second-order valence-electron chi connectivity index (χ2n) is 4.55. The Hall–Kier alpha value is -1.27. The van der Waals surface area contributed by atoms with Gasteiger partial charge in [-0.25, -0.2) is 13.2 Å². The number of hydrogen-bond donors (Lipinski definition) is 1. The number of nitrogens with one attached hydrogen (secondary N) is 1. The van der Waals surface area contributed by atoms with Crippen molar-refractivity contribution in [1.82, 2.24) is 5.32 Å². The average Bonchev–Trinajstić information content (AvgIpc) is 2.70. The minimum atomic E-state index is -3.06. The Kier molecular flexibility index (Phi) is 2.53. The van der Waals surface area contributed by atoms with E-state index in [0.717, 1.165) is 0 Å². The molecule has 2 aliphatic heterocycles. The van der Waals surface area contributed by atoms with E-state index in [0.29, 0.717) is 10.7 Å². The van der Waals surface area contributed by atoms with E-state index in [-0.39, 0.29) is 29.6 Å². The summed E-state index contributed by atoms with van der Waals surface area (Å²) in [5.41, 5.74) is 0.668. The van der Waals surface area contributed by atoms with Gasteiger partial charge >= 0.3 is 6.03 Å². The summed E-state index contributed by atoms with van der Waals surface area (Å²) in [5, 5.41) is 3.29. The first-order chi connectivity index (χ1) is 8.46. The van der Waals surface area contributed by atoms with E-state index < -0.39 is 9.84 Å². The molecule has 0 bridgehead atoms. The van der Waals surface area contributed by atoms with Gasteiger partial charge in [-0.3, -0.25) is 4.90 Å². The van der Waals surface area contributed by atoms with Gasteiger partial charge < -0.3 is 5.32 Å². The zero-order valence-electron chi connectivity index (χ0n) is 9.34. The number of carbonyl (C=O) groups is 1. The van der Waals surface area contributed by atoms with Gasteiger partial charge in [-0.1, -0.05) is 11.6 Å². The molecule has 0 radical (unpaired) electrons. The van der Waals surface area contributed by atoms with Crippen molar-refractivity contribution in [2.24, 2.45) is 0 Å². The highest BCUT2D eigenvalue weighted by Crippen LogP contribution is 2.30. The standard InChI is InChI=1S/C11H11ClN2O3S/c12-7-1-3-8(4-2-7)14-10-6-18(16,17)5-9(10)13-11(14)15/h1-4,9-10H,5-6H2,(H,13,15). The third-order valence-corrected chi connectivity index (χ3v) is 5.26. The van der Waals surface area contributed by atoms with Crippen LogP contribution in [-0.2, 0) is 9.84 Å². The Labute approximate surface area is 110 Å². The fourth-order valence-corrected chi connectivity index (χ4v) is 4.53. The van der Waals surface area contributed by atoms with E-state index in [2.05, 4.69) is 5.32 Å². The number of anilines is 1. The van der Waals surface area contributed by atoms with E-state index in [1.165, 1.54) is 4.90 Å². The molecular weight excluding hydrogens is 276 g/mol. The van der Waals surface area contributed by atoms with Crippen LogP contribution in [0.4, 0.5) is 10.5 Å². The molecule has 2 amide bonds. The van der Waals surface area contributed by atoms with Crippen LogP contribution < -0.4 is 10.2 Å². The maximum atomic E-state index is 11.9. The van der Waals surface area contributed by atoms with Gasteiger partial charge in [0.05, 0.1) is 23.6 Å². The molecule has 2 atom stereocenters. The molecule has 0 saturated carbocycles. The zero-order chi connectivity index (χ0) is 12.9. The summed E-state index contributed by atoms with van der Waals surface area (Å²) in [6, 6.07) is 5.93. The Morgan fingerprint density at radius 1 is 1.22 bits per heavy atom. The summed E-state index contributed by atoms with van der Waals surface area (Å²) < 4.78 is 23.2. The van der Waals surface area contributed by atoms with Crippen LogP contribution in [-0.4, -0.2) is 38.0 Å². The first-order valence-corrected chi connectivity index (χ1v) is 7.72. The highest BCUT2D eigenvalue weighted by Gasteiger charge is 2.49. The average molecular weight is 287 g/mol. The number of sulfone groups is 1. The van der Waals surface area contributed by atoms with Crippen LogP contribution in [0, 0.1) is 0 Å². The molecule has 3 rings (SSSR count). The van der Waals surface area contributed by atoms with Gasteiger partial charge in [-0.15, -0.1) is 0 Å². The molecule has 2 aliphatic rings. The van der Waals surface area contributed by atoms with Crippen LogP contribution in [0.3, 0.4) is 0 Å². The summed E-state index contributed by atoms with van der Waals surface area (Å²) in [7, 11) is -3.06. The zero-order valence-corrected chi connectivity index (χ0v) is 10.9. The van der Waals surface area contributed by atoms with Gasteiger partial charge in [-0.05, 0) is 24.3 Å². The minimum Gasteiger partial charge on any atom is -0.332 e. The molecule has 96 valence electrons. The normalized spacial score (nSPS) is 29.2. The Balaban J connectivity index is 1.96. The van der Waals surface area contributed by atoms with Gasteiger partial charge in [0.25, 0.3) is 0 Å². The molecule has 1 aromatic rings. The number of carbonyl (C=O) groups excluding carboxylic acids is 1. The minimum absolute atomic E-state index is 0.0129. The van der Waals surface area contributed by atoms with Crippen molar-refractivity contribution in [2.45, 2.75) is 12.1 Å². The van der Waals surface area contributed by atoms with Crippen molar-refractivity contribution in [3.63, 3.8) is 0 Å². The first kappa shape index (κ1) is 11.8. The van der Waals surface area contributed by atoms with Crippen molar-refractivity contribution in [1.29, 1.82) is 0 Å². The molecule has 1 aromatic carbocycles. The summed E-state index contributed by atoms with van der Waals surface area (Å²) in [4.78, 5) is 13.4. The van der Waals surface area contributed by atoms with Gasteiger partial charge in [0, 0.05) is 10.7 Å². The van der Waals surface area contributed by atoms with Crippen LogP contribution in [0.15, 0.2) is 24.3 Å². The lowest BCUT2D eigenvalue weighted by atomic mass is 10.1. The quantitative estimate of drug-likeness (QED) is 0.784. The molecule has 2 heterocycles. The highest BCUT2D eigenvalue weighted by atomic mass is 35.5. The van der Waals surface area contributed by atoms with E-state index >= 15 is 0 Å². The number of urea groups is 1. The van der Waals surface area contributed by atoms with Crippen LogP contribution in [0.2, 0.25) is 5.02 Å². The van der Waals surface area contributed by atoms with Crippen LogP contribution in [0.1, 0.15) is 0 Å². The number of hydrogen-bond acceptors (Lipinski definition) is 3. The SMILES string of the molecule is O=C1NC2CS(=O)(=O)CC2N1c1ccc(Cl)cc1. The lowest BCUT2D eigenvalue weighted by Gasteiger charge is -2.21. The molecule has 0 aliphatic carbocycles. The summed E-state index contributed by atoms with van der Waals surface area (Å²) in [6.07, 6.45) is 0. The first-order valence-electron chi connectivity index (χ1n) is 5.52. The van der Waals surface area contributed by atoms with E-state index in [1.807, 2.05) is 0 Å². The second kappa shape index (κ2) is 3.86. The van der Waals surface area contributed by atoms with E-state index in [1.54, 1.807) is 24.3 Å².